The van der Waals surface area contributed by atoms with Crippen LogP contribution in [-0.2, 0) is 14.2 Å². The monoisotopic (exact) mass is 258 g/mol. The molecule has 108 valence electrons. The average Bonchev–Trinajstić information content (AvgIpc) is 2.32. The van der Waals surface area contributed by atoms with E-state index in [2.05, 4.69) is 20.8 Å². The fraction of sp³-hybridized carbons (Fsp3) is 1.00. The van der Waals surface area contributed by atoms with Gasteiger partial charge in [0.15, 0.2) is 0 Å². The zero-order valence-corrected chi connectivity index (χ0v) is 12.4. The van der Waals surface area contributed by atoms with E-state index in [0.29, 0.717) is 25.9 Å². The molecule has 0 saturated heterocycles. The molecule has 0 unspecified atom stereocenters. The molecule has 0 spiro atoms. The summed E-state index contributed by atoms with van der Waals surface area (Å²) >= 11 is 0. The van der Waals surface area contributed by atoms with Gasteiger partial charge < -0.3 is 14.2 Å². The topological polar surface area (TPSA) is 27.7 Å². The highest BCUT2D eigenvalue weighted by atomic mass is 16.5. The molecule has 0 heterocycles. The molecule has 3 heteroatoms. The lowest BCUT2D eigenvalue weighted by Gasteiger charge is -2.22. The second kappa shape index (κ2) is 8.89. The second-order valence-electron chi connectivity index (χ2n) is 6.36. The van der Waals surface area contributed by atoms with Gasteiger partial charge in [-0.15, -0.1) is 0 Å². The third kappa shape index (κ3) is 8.90. The summed E-state index contributed by atoms with van der Waals surface area (Å²) in [7, 11) is 0. The number of hydrogen-bond donors (Lipinski definition) is 0. The SMILES string of the molecule is CC(C)(C)COCCOCCOC1CCCCC1. The maximum Gasteiger partial charge on any atom is 0.0704 e. The predicted octanol–water partition coefficient (Wildman–Crippen LogP) is 3.42. The van der Waals surface area contributed by atoms with Gasteiger partial charge >= 0.3 is 0 Å². The van der Waals surface area contributed by atoms with Gasteiger partial charge in [0.25, 0.3) is 0 Å². The molecule has 1 aliphatic carbocycles. The van der Waals surface area contributed by atoms with Gasteiger partial charge in [0.1, 0.15) is 0 Å². The van der Waals surface area contributed by atoms with Gasteiger partial charge in [-0.05, 0) is 18.3 Å². The van der Waals surface area contributed by atoms with Crippen molar-refractivity contribution in [2.75, 3.05) is 33.0 Å². The third-order valence-electron chi connectivity index (χ3n) is 3.04. The molecule has 0 aliphatic heterocycles. The minimum Gasteiger partial charge on any atom is -0.379 e. The molecule has 1 aliphatic rings. The van der Waals surface area contributed by atoms with Crippen molar-refractivity contribution >= 4 is 0 Å². The highest BCUT2D eigenvalue weighted by Gasteiger charge is 2.13. The Hall–Kier alpha value is -0.120. The molecule has 0 bridgehead atoms. The van der Waals surface area contributed by atoms with Crippen LogP contribution in [0.15, 0.2) is 0 Å². The molecule has 1 saturated carbocycles. The first-order valence-corrected chi connectivity index (χ1v) is 7.35. The molecule has 18 heavy (non-hydrogen) atoms. The van der Waals surface area contributed by atoms with Crippen LogP contribution in [-0.4, -0.2) is 39.1 Å². The van der Waals surface area contributed by atoms with Crippen molar-refractivity contribution in [3.8, 4) is 0 Å². The molecule has 0 N–H and O–H groups in total. The van der Waals surface area contributed by atoms with Gasteiger partial charge in [-0.25, -0.2) is 0 Å². The van der Waals surface area contributed by atoms with Crippen LogP contribution in [0.3, 0.4) is 0 Å². The fourth-order valence-corrected chi connectivity index (χ4v) is 2.10. The summed E-state index contributed by atoms with van der Waals surface area (Å²) in [4.78, 5) is 0. The normalized spacial score (nSPS) is 18.2. The van der Waals surface area contributed by atoms with Crippen LogP contribution < -0.4 is 0 Å². The summed E-state index contributed by atoms with van der Waals surface area (Å²) in [6, 6.07) is 0. The Labute approximate surface area is 112 Å². The Morgan fingerprint density at radius 3 is 2.11 bits per heavy atom. The largest absolute Gasteiger partial charge is 0.379 e. The van der Waals surface area contributed by atoms with Crippen LogP contribution in [0.1, 0.15) is 52.9 Å². The fourth-order valence-electron chi connectivity index (χ4n) is 2.10. The summed E-state index contributed by atoms with van der Waals surface area (Å²) in [6.07, 6.45) is 6.97. The lowest BCUT2D eigenvalue weighted by Crippen LogP contribution is -2.20. The zero-order valence-electron chi connectivity index (χ0n) is 12.4. The molecule has 0 amide bonds. The van der Waals surface area contributed by atoms with E-state index in [9.17, 15) is 0 Å². The van der Waals surface area contributed by atoms with E-state index in [1.807, 2.05) is 0 Å². The highest BCUT2D eigenvalue weighted by Crippen LogP contribution is 2.19. The van der Waals surface area contributed by atoms with Crippen molar-refractivity contribution in [3.05, 3.63) is 0 Å². The van der Waals surface area contributed by atoms with Gasteiger partial charge in [-0.2, -0.15) is 0 Å². The van der Waals surface area contributed by atoms with E-state index in [0.717, 1.165) is 13.2 Å². The lowest BCUT2D eigenvalue weighted by molar-refractivity contribution is -0.0274. The molecule has 0 radical (unpaired) electrons. The number of hydrogen-bond acceptors (Lipinski definition) is 3. The molecule has 0 aromatic rings. The van der Waals surface area contributed by atoms with Crippen molar-refractivity contribution in [3.63, 3.8) is 0 Å². The van der Waals surface area contributed by atoms with Crippen molar-refractivity contribution in [2.45, 2.75) is 59.0 Å². The first-order chi connectivity index (χ1) is 8.58. The smallest absolute Gasteiger partial charge is 0.0704 e. The molecule has 1 fully saturated rings. The molecule has 1 rings (SSSR count). The van der Waals surface area contributed by atoms with Crippen LogP contribution in [0.5, 0.6) is 0 Å². The Kier molecular flexibility index (Phi) is 7.87. The van der Waals surface area contributed by atoms with Crippen molar-refractivity contribution < 1.29 is 14.2 Å². The Morgan fingerprint density at radius 1 is 0.833 bits per heavy atom. The van der Waals surface area contributed by atoms with Crippen molar-refractivity contribution in [1.82, 2.24) is 0 Å². The summed E-state index contributed by atoms with van der Waals surface area (Å²) < 4.78 is 16.8. The van der Waals surface area contributed by atoms with Crippen LogP contribution in [0.25, 0.3) is 0 Å². The van der Waals surface area contributed by atoms with Gasteiger partial charge in [-0.1, -0.05) is 40.0 Å². The summed E-state index contributed by atoms with van der Waals surface area (Å²) in [5.41, 5.74) is 0.240. The first kappa shape index (κ1) is 15.9. The molecule has 3 nitrogen and oxygen atoms in total. The summed E-state index contributed by atoms with van der Waals surface area (Å²) in [5, 5.41) is 0. The van der Waals surface area contributed by atoms with Gasteiger partial charge in [0, 0.05) is 0 Å². The van der Waals surface area contributed by atoms with Crippen LogP contribution >= 0.6 is 0 Å². The van der Waals surface area contributed by atoms with E-state index in [4.69, 9.17) is 14.2 Å². The average molecular weight is 258 g/mol. The van der Waals surface area contributed by atoms with Crippen LogP contribution in [0.2, 0.25) is 0 Å². The van der Waals surface area contributed by atoms with Crippen LogP contribution in [0.4, 0.5) is 0 Å². The standard InChI is InChI=1S/C15H30O3/c1-15(2,3)13-17-10-9-16-11-12-18-14-7-5-4-6-8-14/h14H,4-13H2,1-3H3. The molecular weight excluding hydrogens is 228 g/mol. The van der Waals surface area contributed by atoms with Gasteiger partial charge in [-0.3, -0.25) is 0 Å². The Balaban J connectivity index is 1.81. The van der Waals surface area contributed by atoms with Crippen molar-refractivity contribution in [2.24, 2.45) is 5.41 Å². The quantitative estimate of drug-likeness (QED) is 0.624. The molecular formula is C15H30O3. The van der Waals surface area contributed by atoms with E-state index >= 15 is 0 Å². The summed E-state index contributed by atoms with van der Waals surface area (Å²) in [6.45, 7) is 10.1. The maximum absolute atomic E-state index is 5.78. The molecule has 0 atom stereocenters. The van der Waals surface area contributed by atoms with Crippen molar-refractivity contribution in [1.29, 1.82) is 0 Å². The van der Waals surface area contributed by atoms with Crippen LogP contribution in [0, 0.1) is 5.41 Å². The maximum atomic E-state index is 5.78. The molecule has 0 aromatic heterocycles. The lowest BCUT2D eigenvalue weighted by atomic mass is 9.98. The zero-order chi connectivity index (χ0) is 13.3. The Morgan fingerprint density at radius 2 is 1.44 bits per heavy atom. The van der Waals surface area contributed by atoms with Gasteiger partial charge in [0.05, 0.1) is 39.1 Å². The number of rotatable bonds is 8. The summed E-state index contributed by atoms with van der Waals surface area (Å²) in [5.74, 6) is 0. The van der Waals surface area contributed by atoms with E-state index in [1.54, 1.807) is 0 Å². The highest BCUT2D eigenvalue weighted by molar-refractivity contribution is 4.64. The Bertz CT molecular complexity index is 192. The second-order valence-corrected chi connectivity index (χ2v) is 6.36. The predicted molar refractivity (Wildman–Crippen MR) is 73.9 cm³/mol. The van der Waals surface area contributed by atoms with E-state index < -0.39 is 0 Å². The minimum absolute atomic E-state index is 0.240. The molecule has 0 aromatic carbocycles. The van der Waals surface area contributed by atoms with E-state index in [-0.39, 0.29) is 5.41 Å². The first-order valence-electron chi connectivity index (χ1n) is 7.35. The van der Waals surface area contributed by atoms with Gasteiger partial charge in [0.2, 0.25) is 0 Å². The number of ether oxygens (including phenoxy) is 3. The van der Waals surface area contributed by atoms with E-state index in [1.165, 1.54) is 32.1 Å². The third-order valence-corrected chi connectivity index (χ3v) is 3.04. The minimum atomic E-state index is 0.240.